The minimum absolute atomic E-state index is 0.00382. The maximum atomic E-state index is 14.1. The number of nitrogens with one attached hydrogen (secondary N) is 6. The lowest BCUT2D eigenvalue weighted by atomic mass is 10.2. The van der Waals surface area contributed by atoms with Crippen LogP contribution in [0.2, 0.25) is 0 Å². The number of nitrogens with zero attached hydrogens (tertiary/aromatic N) is 12. The molecule has 18 rings (SSSR count). The number of furan rings is 3. The summed E-state index contributed by atoms with van der Waals surface area (Å²) in [6.45, 7) is 2.55. The average Bonchev–Trinajstić information content (AvgIpc) is 1.74. The molecule has 0 aliphatic carbocycles. The Kier molecular flexibility index (Phi) is 33.5. The van der Waals surface area contributed by atoms with Gasteiger partial charge in [-0.05, 0) is 212 Å². The number of carbonyl (C=O) groups excluding carboxylic acids is 6. The van der Waals surface area contributed by atoms with Crippen molar-refractivity contribution in [2.45, 2.75) is 56.4 Å². The molecule has 14 aromatic heterocycles. The summed E-state index contributed by atoms with van der Waals surface area (Å²) in [4.78, 5) is 87.2. The van der Waals surface area contributed by atoms with Crippen molar-refractivity contribution in [3.8, 4) is 11.5 Å². The Hall–Kier alpha value is -17.9. The Morgan fingerprint density at radius 1 is 0.359 bits per heavy atom. The number of hydrogen-bond acceptors (Lipinski definition) is 29. The van der Waals surface area contributed by atoms with E-state index in [0.29, 0.717) is 39.7 Å². The van der Waals surface area contributed by atoms with E-state index in [9.17, 15) is 88.1 Å². The molecule has 1 unspecified atom stereocenters. The molecule has 145 heavy (non-hydrogen) atoms. The van der Waals surface area contributed by atoms with Gasteiger partial charge < -0.3 is 59.7 Å². The number of rotatable bonds is 28. The third kappa shape index (κ3) is 26.6. The van der Waals surface area contributed by atoms with Crippen LogP contribution in [-0.2, 0) is 73.8 Å². The zero-order valence-corrected chi connectivity index (χ0v) is 80.7. The molecule has 1 atom stereocenters. The number of ether oxygens (including phenoxy) is 2. The van der Waals surface area contributed by atoms with Gasteiger partial charge in [-0.1, -0.05) is 48.5 Å². The number of anilines is 6. The number of hydrogen-bond donors (Lipinski definition) is 7. The van der Waals surface area contributed by atoms with Crippen molar-refractivity contribution in [1.82, 2.24) is 53.6 Å². The van der Waals surface area contributed by atoms with Crippen LogP contribution in [0.25, 0.3) is 0 Å². The molecular formula is C95H82F2N18O24S6. The number of aliphatic hydroxyl groups excluding tert-OH is 1. The van der Waals surface area contributed by atoms with Gasteiger partial charge in [0, 0.05) is 119 Å². The largest absolute Gasteiger partial charge is 0.497 e. The summed E-state index contributed by atoms with van der Waals surface area (Å²) < 4.78 is 209. The third-order valence-electron chi connectivity index (χ3n) is 19.6. The van der Waals surface area contributed by atoms with Crippen LogP contribution in [0.1, 0.15) is 81.2 Å². The van der Waals surface area contributed by atoms with E-state index in [1.165, 1.54) is 277 Å². The number of halogens is 2. The first-order valence-electron chi connectivity index (χ1n) is 42.0. The molecule has 4 aromatic carbocycles. The van der Waals surface area contributed by atoms with Gasteiger partial charge in [0.05, 0.1) is 81.3 Å². The summed E-state index contributed by atoms with van der Waals surface area (Å²) in [6, 6.07) is 60.4. The van der Waals surface area contributed by atoms with Crippen LogP contribution in [-0.4, -0.2) is 158 Å². The second-order valence-electron chi connectivity index (χ2n) is 29.7. The van der Waals surface area contributed by atoms with Crippen molar-refractivity contribution in [2.75, 3.05) is 39.0 Å². The highest BCUT2D eigenvalue weighted by molar-refractivity contribution is 7.91. The second kappa shape index (κ2) is 46.5. The van der Waals surface area contributed by atoms with Gasteiger partial charge in [-0.25, -0.2) is 71.3 Å². The van der Waals surface area contributed by atoms with E-state index in [1.807, 2.05) is 0 Å². The van der Waals surface area contributed by atoms with E-state index < -0.39 is 113 Å². The first-order chi connectivity index (χ1) is 69.3. The Labute approximate surface area is 825 Å². The van der Waals surface area contributed by atoms with Crippen LogP contribution in [0.5, 0.6) is 11.5 Å². The highest BCUT2D eigenvalue weighted by Crippen LogP contribution is 2.29. The van der Waals surface area contributed by atoms with E-state index in [1.54, 1.807) is 122 Å². The number of benzene rings is 4. The molecule has 0 saturated heterocycles. The lowest BCUT2D eigenvalue weighted by molar-refractivity contribution is 0.0858. The number of alkyl halides is 1. The molecule has 0 spiro atoms. The zero-order valence-electron chi connectivity index (χ0n) is 75.8. The SMILES string of the molecule is CC(F)Oc1ccc(S(=O)(=O)n2ccc(NC(=O)c3ccco3)c2)cc1.COc1ccc(S(=O)(=O)n2ccc(NC(=O)c3ccco3)c2)cc1.Cc1cccc(S(=O)(=O)n2ccc(NC(=O)c3ccco3)c2)c1F.Cn1ccc(S(=O)(=O)n2ccc(NC(=O)c3ccccn3)c2)n1.O=C(Nc1ccn(S(=O)(=O)c2ccc(CO)cc2)c1)c1ccccn1.O=C(Nc1ccn(S(=O)(=O)c2ccccn2)c1)c1ccccn1. The summed E-state index contributed by atoms with van der Waals surface area (Å²) in [5.74, 6) is -2.41. The molecule has 0 aliphatic rings. The molecular weight excluding hydrogens is 2010 g/mol. The minimum atomic E-state index is -4.09. The molecule has 50 heteroatoms. The monoisotopic (exact) mass is 2090 g/mol. The highest BCUT2D eigenvalue weighted by Gasteiger charge is 2.28. The number of amides is 6. The lowest BCUT2D eigenvalue weighted by Gasteiger charge is -2.09. The second-order valence-corrected chi connectivity index (χ2v) is 40.6. The summed E-state index contributed by atoms with van der Waals surface area (Å²) in [5, 5.41) is 28.2. The van der Waals surface area contributed by atoms with Crippen molar-refractivity contribution in [2.24, 2.45) is 7.05 Å². The smallest absolute Gasteiger partial charge is 0.291 e. The van der Waals surface area contributed by atoms with Crippen molar-refractivity contribution in [1.29, 1.82) is 0 Å². The standard InChI is InChI=1S/C17H15FN2O5S.C17H15N3O4S.C16H13FN2O4S.C16H14N2O5S.C15H12N4O3S.C14H13N5O3S/c1-12(18)25-14-4-6-15(7-5-14)26(22,23)20-9-8-13(11-20)19-17(21)16-3-2-10-24-16;21-12-13-4-6-15(7-5-13)25(23,24)20-10-8-14(11-20)19-17(22)16-3-1-2-9-18-16;1-11-4-2-6-14(15(11)17)24(21,22)19-8-7-12(10-19)18-16(20)13-5-3-9-23-13;1-22-13-4-6-14(7-5-13)24(20,21)18-9-8-12(11-18)17-16(19)15-3-2-10-23-15;20-15(13-5-1-3-8-16-13)18-12-7-10-19(11-12)23(21,22)14-6-2-4-9-17-14;1-18-8-6-13(17-18)23(21,22)19-9-5-11(10-19)16-14(20)12-4-2-3-7-15-12/h2-12H,1H3,(H,19,21);1-11,21H,12H2,(H,19,22);2-10H,1H3,(H,18,20);2-11H,1H3,(H,17,19);1-11H,(H,18,20);2-10H,1H3,(H,16,20). The molecule has 746 valence electrons. The number of aliphatic hydroxyl groups is 1. The minimum Gasteiger partial charge on any atom is -0.497 e. The predicted octanol–water partition coefficient (Wildman–Crippen LogP) is 13.6. The number of methoxy groups -OCH3 is 1. The topological polar surface area (TPSA) is 557 Å². The number of carbonyl (C=O) groups is 6. The summed E-state index contributed by atoms with van der Waals surface area (Å²) in [6.07, 6.45) is 25.7. The Balaban J connectivity index is 0.000000146. The van der Waals surface area contributed by atoms with E-state index in [4.69, 9.17) is 27.8 Å². The number of pyridine rings is 4. The van der Waals surface area contributed by atoms with Crippen LogP contribution in [0.3, 0.4) is 0 Å². The first-order valence-corrected chi connectivity index (χ1v) is 50.7. The number of aryl methyl sites for hydroxylation is 2. The number of aromatic nitrogens is 12. The van der Waals surface area contributed by atoms with Crippen molar-refractivity contribution in [3.05, 3.63) is 418 Å². The van der Waals surface area contributed by atoms with Crippen LogP contribution >= 0.6 is 0 Å². The van der Waals surface area contributed by atoms with Crippen LogP contribution < -0.4 is 41.4 Å². The van der Waals surface area contributed by atoms with Crippen molar-refractivity contribution >= 4 is 130 Å². The molecule has 42 nitrogen and oxygen atoms in total. The van der Waals surface area contributed by atoms with E-state index in [2.05, 4.69) is 56.9 Å². The van der Waals surface area contributed by atoms with Gasteiger partial charge in [0.2, 0.25) is 6.36 Å². The van der Waals surface area contributed by atoms with Crippen molar-refractivity contribution in [3.63, 3.8) is 0 Å². The average molecular weight is 2090 g/mol. The maximum absolute atomic E-state index is 14.1. The molecule has 0 saturated carbocycles. The fraction of sp³-hybridized carbons (Fsp3) is 0.0632. The molecule has 0 fully saturated rings. The molecule has 0 bridgehead atoms. The zero-order chi connectivity index (χ0) is 104. The predicted molar refractivity (Wildman–Crippen MR) is 520 cm³/mol. The van der Waals surface area contributed by atoms with Gasteiger partial charge in [-0.2, -0.15) is 21.9 Å². The normalized spacial score (nSPS) is 11.5. The van der Waals surface area contributed by atoms with Crippen LogP contribution in [0.4, 0.5) is 42.9 Å². The fourth-order valence-corrected chi connectivity index (χ4v) is 19.6. The first kappa shape index (κ1) is 105. The van der Waals surface area contributed by atoms with Gasteiger partial charge in [0.15, 0.2) is 27.3 Å². The molecule has 18 aromatic rings. The van der Waals surface area contributed by atoms with E-state index >= 15 is 0 Å². The van der Waals surface area contributed by atoms with Crippen LogP contribution in [0, 0.1) is 12.7 Å². The molecule has 6 amide bonds. The molecule has 0 aliphatic heterocycles. The maximum Gasteiger partial charge on any atom is 0.291 e. The quantitative estimate of drug-likeness (QED) is 0.0239. The molecule has 0 radical (unpaired) electrons. The summed E-state index contributed by atoms with van der Waals surface area (Å²) in [7, 11) is -19.9. The summed E-state index contributed by atoms with van der Waals surface area (Å²) >= 11 is 0. The van der Waals surface area contributed by atoms with Crippen molar-refractivity contribution < 1.29 is 116 Å². The fourth-order valence-electron chi connectivity index (χ4n) is 12.4. The highest BCUT2D eigenvalue weighted by atomic mass is 32.2. The third-order valence-corrected chi connectivity index (χ3v) is 29.3. The Bertz CT molecular complexity index is 8280. The van der Waals surface area contributed by atoms with E-state index in [0.717, 1.165) is 23.8 Å². The molecule has 7 N–H and O–H groups in total. The Morgan fingerprint density at radius 2 is 0.683 bits per heavy atom. The summed E-state index contributed by atoms with van der Waals surface area (Å²) in [5.41, 5.74) is 3.48. The molecule has 14 heterocycles. The Morgan fingerprint density at radius 3 is 0.986 bits per heavy atom. The van der Waals surface area contributed by atoms with Gasteiger partial charge in [0.25, 0.3) is 95.6 Å². The van der Waals surface area contributed by atoms with Crippen LogP contribution in [0.15, 0.2) is 410 Å². The van der Waals surface area contributed by atoms with Gasteiger partial charge in [-0.15, -0.1) is 0 Å². The van der Waals surface area contributed by atoms with Gasteiger partial charge in [0.1, 0.15) is 39.3 Å². The van der Waals surface area contributed by atoms with E-state index in [-0.39, 0.29) is 82.7 Å². The lowest BCUT2D eigenvalue weighted by Crippen LogP contribution is -2.14. The van der Waals surface area contributed by atoms with Gasteiger partial charge in [-0.3, -0.25) is 48.4 Å². The van der Waals surface area contributed by atoms with Gasteiger partial charge >= 0.3 is 0 Å².